The quantitative estimate of drug-likeness (QED) is 0.328. The van der Waals surface area contributed by atoms with Crippen molar-refractivity contribution in [3.8, 4) is 5.75 Å². The molecule has 2 aliphatic rings. The highest BCUT2D eigenvalue weighted by Crippen LogP contribution is 2.23. The lowest BCUT2D eigenvalue weighted by Crippen LogP contribution is -2.55. The van der Waals surface area contributed by atoms with Gasteiger partial charge in [-0.3, -0.25) is 9.59 Å². The lowest BCUT2D eigenvalue weighted by Gasteiger charge is -2.32. The zero-order valence-corrected chi connectivity index (χ0v) is 24.6. The van der Waals surface area contributed by atoms with E-state index >= 15 is 0 Å². The minimum atomic E-state index is -0.576. The van der Waals surface area contributed by atoms with Crippen LogP contribution in [-0.2, 0) is 22.6 Å². The molecule has 2 unspecified atom stereocenters. The van der Waals surface area contributed by atoms with Crippen LogP contribution in [0.1, 0.15) is 82.8 Å². The molecule has 1 heterocycles. The summed E-state index contributed by atoms with van der Waals surface area (Å²) >= 11 is 0. The van der Waals surface area contributed by atoms with Crippen molar-refractivity contribution in [2.45, 2.75) is 96.7 Å². The van der Waals surface area contributed by atoms with Crippen molar-refractivity contribution in [1.82, 2.24) is 15.5 Å². The highest BCUT2D eigenvalue weighted by atomic mass is 16.5. The second kappa shape index (κ2) is 15.8. The first kappa shape index (κ1) is 30.1. The van der Waals surface area contributed by atoms with Gasteiger partial charge in [0.05, 0.1) is 6.04 Å². The van der Waals surface area contributed by atoms with E-state index in [0.29, 0.717) is 24.9 Å². The SMILES string of the molecule is CC(C)CC(NCC1CCCCC1)C(=O)NC(Cc1ccc(OCc2ccccc2)cc1)C(=O)N1CCCCC1. The van der Waals surface area contributed by atoms with Gasteiger partial charge in [0.1, 0.15) is 18.4 Å². The standard InChI is InChI=1S/C34H49N3O3/c1-26(2)22-31(35-24-28-12-6-3-7-13-28)33(38)36-32(34(39)37-20-10-5-11-21-37)23-27-16-18-30(19-17-27)40-25-29-14-8-4-9-15-29/h4,8-9,14-19,26,28,31-32,35H,3,5-7,10-13,20-25H2,1-2H3,(H,36,38). The predicted molar refractivity (Wildman–Crippen MR) is 161 cm³/mol. The van der Waals surface area contributed by atoms with Crippen molar-refractivity contribution < 1.29 is 14.3 Å². The Morgan fingerprint density at radius 2 is 1.52 bits per heavy atom. The Morgan fingerprint density at radius 3 is 2.20 bits per heavy atom. The number of piperidine rings is 1. The van der Waals surface area contributed by atoms with E-state index in [-0.39, 0.29) is 17.9 Å². The number of carbonyl (C=O) groups excluding carboxylic acids is 2. The number of likely N-dealkylation sites (tertiary alicyclic amines) is 1. The van der Waals surface area contributed by atoms with Crippen molar-refractivity contribution in [2.24, 2.45) is 11.8 Å². The minimum Gasteiger partial charge on any atom is -0.489 e. The van der Waals surface area contributed by atoms with Crippen LogP contribution in [0.3, 0.4) is 0 Å². The smallest absolute Gasteiger partial charge is 0.245 e. The van der Waals surface area contributed by atoms with E-state index in [4.69, 9.17) is 4.74 Å². The lowest BCUT2D eigenvalue weighted by atomic mass is 9.89. The normalized spacial score (nSPS) is 17.8. The van der Waals surface area contributed by atoms with E-state index in [1.807, 2.05) is 59.5 Å². The molecule has 2 aromatic rings. The molecule has 4 rings (SSSR count). The maximum atomic E-state index is 13.7. The number of nitrogens with zero attached hydrogens (tertiary/aromatic N) is 1. The summed E-state index contributed by atoms with van der Waals surface area (Å²) in [5.74, 6) is 1.80. The van der Waals surface area contributed by atoms with Gasteiger partial charge in [-0.05, 0) is 80.2 Å². The van der Waals surface area contributed by atoms with Crippen molar-refractivity contribution in [3.05, 3.63) is 65.7 Å². The molecule has 2 atom stereocenters. The van der Waals surface area contributed by atoms with Gasteiger partial charge in [-0.1, -0.05) is 75.6 Å². The van der Waals surface area contributed by atoms with E-state index in [0.717, 1.165) is 62.2 Å². The summed E-state index contributed by atoms with van der Waals surface area (Å²) < 4.78 is 5.95. The Hall–Kier alpha value is -2.86. The monoisotopic (exact) mass is 547 g/mol. The average molecular weight is 548 g/mol. The maximum Gasteiger partial charge on any atom is 0.245 e. The Kier molecular flexibility index (Phi) is 11.9. The van der Waals surface area contributed by atoms with E-state index < -0.39 is 6.04 Å². The molecule has 6 nitrogen and oxygen atoms in total. The number of benzene rings is 2. The molecule has 1 aliphatic heterocycles. The van der Waals surface area contributed by atoms with Crippen LogP contribution in [0.4, 0.5) is 0 Å². The fourth-order valence-electron chi connectivity index (χ4n) is 5.96. The van der Waals surface area contributed by atoms with Crippen LogP contribution in [0.25, 0.3) is 0 Å². The molecular formula is C34H49N3O3. The van der Waals surface area contributed by atoms with Crippen LogP contribution < -0.4 is 15.4 Å². The molecule has 40 heavy (non-hydrogen) atoms. The van der Waals surface area contributed by atoms with Crippen LogP contribution in [0.2, 0.25) is 0 Å². The van der Waals surface area contributed by atoms with Crippen molar-refractivity contribution in [3.63, 3.8) is 0 Å². The molecule has 0 radical (unpaired) electrons. The lowest BCUT2D eigenvalue weighted by molar-refractivity contribution is -0.137. The Balaban J connectivity index is 1.41. The van der Waals surface area contributed by atoms with Gasteiger partial charge in [0.15, 0.2) is 0 Å². The summed E-state index contributed by atoms with van der Waals surface area (Å²) in [5.41, 5.74) is 2.13. The molecule has 1 aliphatic carbocycles. The number of carbonyl (C=O) groups is 2. The van der Waals surface area contributed by atoms with Crippen LogP contribution in [-0.4, -0.2) is 48.4 Å². The first-order chi connectivity index (χ1) is 19.5. The molecule has 1 saturated carbocycles. The van der Waals surface area contributed by atoms with Gasteiger partial charge in [-0.2, -0.15) is 0 Å². The van der Waals surface area contributed by atoms with Gasteiger partial charge < -0.3 is 20.3 Å². The topological polar surface area (TPSA) is 70.7 Å². The summed E-state index contributed by atoms with van der Waals surface area (Å²) in [6, 6.07) is 17.2. The first-order valence-electron chi connectivity index (χ1n) is 15.6. The molecule has 2 aromatic carbocycles. The van der Waals surface area contributed by atoms with E-state index in [1.165, 1.54) is 32.1 Å². The first-order valence-corrected chi connectivity index (χ1v) is 15.6. The molecule has 0 spiro atoms. The van der Waals surface area contributed by atoms with Crippen LogP contribution in [0.5, 0.6) is 5.75 Å². The Morgan fingerprint density at radius 1 is 0.850 bits per heavy atom. The third-order valence-corrected chi connectivity index (χ3v) is 8.30. The van der Waals surface area contributed by atoms with Crippen molar-refractivity contribution in [2.75, 3.05) is 19.6 Å². The third kappa shape index (κ3) is 9.65. The highest BCUT2D eigenvalue weighted by molar-refractivity contribution is 5.90. The van der Waals surface area contributed by atoms with Crippen LogP contribution in [0.15, 0.2) is 54.6 Å². The molecule has 0 bridgehead atoms. The van der Waals surface area contributed by atoms with Gasteiger partial charge in [0, 0.05) is 19.5 Å². The van der Waals surface area contributed by atoms with Gasteiger partial charge in [-0.25, -0.2) is 0 Å². The third-order valence-electron chi connectivity index (χ3n) is 8.30. The number of amides is 2. The molecule has 2 fully saturated rings. The Bertz CT molecular complexity index is 1030. The van der Waals surface area contributed by atoms with E-state index in [1.54, 1.807) is 0 Å². The summed E-state index contributed by atoms with van der Waals surface area (Å²) in [6.45, 7) is 7.23. The molecule has 218 valence electrons. The fourth-order valence-corrected chi connectivity index (χ4v) is 5.96. The predicted octanol–water partition coefficient (Wildman–Crippen LogP) is 5.89. The van der Waals surface area contributed by atoms with Crippen LogP contribution >= 0.6 is 0 Å². The number of hydrogen-bond donors (Lipinski definition) is 2. The van der Waals surface area contributed by atoms with Crippen LogP contribution in [0, 0.1) is 11.8 Å². The summed E-state index contributed by atoms with van der Waals surface area (Å²) in [4.78, 5) is 29.3. The van der Waals surface area contributed by atoms with Gasteiger partial charge in [0.25, 0.3) is 0 Å². The summed E-state index contributed by atoms with van der Waals surface area (Å²) in [6.07, 6.45) is 10.8. The molecule has 2 amide bonds. The second-order valence-electron chi connectivity index (χ2n) is 12.2. The molecule has 1 saturated heterocycles. The summed E-state index contributed by atoms with van der Waals surface area (Å²) in [7, 11) is 0. The zero-order valence-electron chi connectivity index (χ0n) is 24.6. The maximum absolute atomic E-state index is 13.7. The van der Waals surface area contributed by atoms with Crippen molar-refractivity contribution >= 4 is 11.8 Å². The highest BCUT2D eigenvalue weighted by Gasteiger charge is 2.30. The van der Waals surface area contributed by atoms with Gasteiger partial charge in [0.2, 0.25) is 11.8 Å². The molecule has 6 heteroatoms. The largest absolute Gasteiger partial charge is 0.489 e. The van der Waals surface area contributed by atoms with Gasteiger partial charge in [-0.15, -0.1) is 0 Å². The zero-order chi connectivity index (χ0) is 28.2. The fraction of sp³-hybridized carbons (Fsp3) is 0.588. The van der Waals surface area contributed by atoms with Crippen molar-refractivity contribution in [1.29, 1.82) is 0 Å². The number of rotatable bonds is 13. The average Bonchev–Trinajstić information content (AvgIpc) is 2.99. The van der Waals surface area contributed by atoms with Gasteiger partial charge >= 0.3 is 0 Å². The molecule has 2 N–H and O–H groups in total. The number of ether oxygens (including phenoxy) is 1. The summed E-state index contributed by atoms with van der Waals surface area (Å²) in [5, 5.41) is 6.78. The molecular weight excluding hydrogens is 498 g/mol. The minimum absolute atomic E-state index is 0.0352. The number of hydrogen-bond acceptors (Lipinski definition) is 4. The van der Waals surface area contributed by atoms with E-state index in [2.05, 4.69) is 24.5 Å². The number of nitrogens with one attached hydrogen (secondary N) is 2. The Labute approximate surface area is 241 Å². The van der Waals surface area contributed by atoms with E-state index in [9.17, 15) is 9.59 Å². The second-order valence-corrected chi connectivity index (χ2v) is 12.2. The molecule has 0 aromatic heterocycles.